The third-order valence-corrected chi connectivity index (χ3v) is 4.87. The average Bonchev–Trinajstić information content (AvgIpc) is 3.32. The number of aliphatic hydroxyl groups excluding tert-OH is 2. The molecule has 0 unspecified atom stereocenters. The number of amides is 1. The zero-order valence-corrected chi connectivity index (χ0v) is 18.3. The van der Waals surface area contributed by atoms with Crippen molar-refractivity contribution >= 4 is 23.3 Å². The molecule has 0 aliphatic heterocycles. The molecule has 0 saturated carbocycles. The number of ether oxygens (including phenoxy) is 1. The number of halogens is 3. The van der Waals surface area contributed by atoms with Gasteiger partial charge in [-0.3, -0.25) is 9.48 Å². The lowest BCUT2D eigenvalue weighted by molar-refractivity contribution is -0.122. The van der Waals surface area contributed by atoms with Crippen molar-refractivity contribution in [3.63, 3.8) is 0 Å². The summed E-state index contributed by atoms with van der Waals surface area (Å²) >= 11 is 6.06. The number of benzene rings is 1. The summed E-state index contributed by atoms with van der Waals surface area (Å²) in [7, 11) is 0. The number of aromatic nitrogens is 3. The van der Waals surface area contributed by atoms with Crippen molar-refractivity contribution < 1.29 is 33.6 Å². The molecule has 3 rings (SSSR count). The minimum absolute atomic E-state index is 0.0238. The first-order valence-electron chi connectivity index (χ1n) is 9.90. The molecule has 3 aromatic rings. The second-order valence-electron chi connectivity index (χ2n) is 7.51. The number of rotatable bonds is 10. The molecule has 0 bridgehead atoms. The van der Waals surface area contributed by atoms with Gasteiger partial charge in [0.25, 0.3) is 0 Å². The zero-order valence-electron chi connectivity index (χ0n) is 17.5. The number of aliphatic hydroxyl groups is 2. The van der Waals surface area contributed by atoms with E-state index in [4.69, 9.17) is 21.4 Å². The Morgan fingerprint density at radius 1 is 1.33 bits per heavy atom. The molecule has 2 atom stereocenters. The van der Waals surface area contributed by atoms with Gasteiger partial charge < -0.3 is 29.9 Å². The fourth-order valence-electron chi connectivity index (χ4n) is 3.07. The first-order valence-corrected chi connectivity index (χ1v) is 10.3. The minimum Gasteiger partial charge on any atom is -0.494 e. The van der Waals surface area contributed by atoms with Gasteiger partial charge in [0, 0.05) is 24.8 Å². The van der Waals surface area contributed by atoms with Crippen LogP contribution in [0.15, 0.2) is 48.8 Å². The predicted octanol–water partition coefficient (Wildman–Crippen LogP) is 3.41. The van der Waals surface area contributed by atoms with Crippen LogP contribution in [0.3, 0.4) is 0 Å². The Labute approximate surface area is 192 Å². The molecule has 12 heteroatoms. The molecule has 0 fully saturated rings. The van der Waals surface area contributed by atoms with Gasteiger partial charge in [0.2, 0.25) is 11.8 Å². The monoisotopic (exact) mass is 484 g/mol. The number of hydrogen-bond acceptors (Lipinski definition) is 6. The van der Waals surface area contributed by atoms with Crippen molar-refractivity contribution in [1.82, 2.24) is 14.3 Å². The van der Waals surface area contributed by atoms with E-state index in [0.29, 0.717) is 11.9 Å². The average molecular weight is 485 g/mol. The predicted molar refractivity (Wildman–Crippen MR) is 116 cm³/mol. The Kier molecular flexibility index (Phi) is 7.57. The zero-order chi connectivity index (χ0) is 24.2. The topological polar surface area (TPSA) is 122 Å². The second-order valence-corrected chi connectivity index (χ2v) is 7.92. The van der Waals surface area contributed by atoms with Crippen LogP contribution in [0.25, 0.3) is 0 Å². The number of hydrogen-bond donors (Lipinski definition) is 4. The van der Waals surface area contributed by atoms with Crippen LogP contribution in [0.4, 0.5) is 14.6 Å². The lowest BCUT2D eigenvalue weighted by atomic mass is 10.1. The summed E-state index contributed by atoms with van der Waals surface area (Å²) in [6, 6.07) is 7.66. The highest BCUT2D eigenvalue weighted by atomic mass is 35.5. The highest BCUT2D eigenvalue weighted by Crippen LogP contribution is 2.36. The maximum absolute atomic E-state index is 13.9. The summed E-state index contributed by atoms with van der Waals surface area (Å²) in [4.78, 5) is 12.9. The van der Waals surface area contributed by atoms with Crippen molar-refractivity contribution in [1.29, 1.82) is 0 Å². The van der Waals surface area contributed by atoms with E-state index in [-0.39, 0.29) is 23.9 Å². The van der Waals surface area contributed by atoms with Gasteiger partial charge in [0.05, 0.1) is 30.5 Å². The maximum Gasteiger partial charge on any atom is 0.248 e. The number of aromatic hydroxyl groups is 1. The normalized spacial score (nSPS) is 13.5. The summed E-state index contributed by atoms with van der Waals surface area (Å²) in [5.74, 6) is -4.10. The molecule has 0 saturated heterocycles. The van der Waals surface area contributed by atoms with Gasteiger partial charge >= 0.3 is 0 Å². The molecule has 2 heterocycles. The van der Waals surface area contributed by atoms with Crippen LogP contribution in [-0.2, 0) is 11.3 Å². The number of nitrogens with one attached hydrogen (secondary N) is 1. The van der Waals surface area contributed by atoms with Crippen molar-refractivity contribution in [3.8, 4) is 17.4 Å². The van der Waals surface area contributed by atoms with Crippen LogP contribution in [0.5, 0.6) is 17.4 Å². The molecular weight excluding hydrogens is 462 g/mol. The van der Waals surface area contributed by atoms with Crippen molar-refractivity contribution in [2.24, 2.45) is 0 Å². The fraction of sp³-hybridized carbons (Fsp3) is 0.333. The van der Waals surface area contributed by atoms with Gasteiger partial charge in [-0.2, -0.15) is 5.10 Å². The van der Waals surface area contributed by atoms with E-state index in [1.807, 2.05) is 0 Å². The number of para-hydroxylation sites is 1. The van der Waals surface area contributed by atoms with Gasteiger partial charge in [-0.05, 0) is 19.1 Å². The molecule has 178 valence electrons. The van der Waals surface area contributed by atoms with E-state index in [1.165, 1.54) is 29.2 Å². The summed E-state index contributed by atoms with van der Waals surface area (Å²) < 4.78 is 35.6. The van der Waals surface area contributed by atoms with E-state index in [2.05, 4.69) is 10.4 Å². The van der Waals surface area contributed by atoms with Crippen LogP contribution in [0.2, 0.25) is 5.02 Å². The third kappa shape index (κ3) is 6.67. The van der Waals surface area contributed by atoms with Crippen molar-refractivity contribution in [3.05, 3.63) is 53.8 Å². The molecule has 4 N–H and O–H groups in total. The van der Waals surface area contributed by atoms with Crippen LogP contribution < -0.4 is 10.1 Å². The van der Waals surface area contributed by atoms with Gasteiger partial charge in [0.1, 0.15) is 17.5 Å². The van der Waals surface area contributed by atoms with Crippen molar-refractivity contribution in [2.75, 3.05) is 11.9 Å². The first-order chi connectivity index (χ1) is 15.6. The molecule has 0 radical (unpaired) electrons. The summed E-state index contributed by atoms with van der Waals surface area (Å²) in [5.41, 5.74) is 0. The molecule has 0 aliphatic rings. The summed E-state index contributed by atoms with van der Waals surface area (Å²) in [6.45, 7) is 0.171. The lowest BCUT2D eigenvalue weighted by Gasteiger charge is -2.22. The number of carbonyl (C=O) groups excluding carboxylic acids is 1. The van der Waals surface area contributed by atoms with E-state index in [9.17, 15) is 23.8 Å². The third-order valence-electron chi connectivity index (χ3n) is 4.56. The minimum atomic E-state index is -3.23. The Hall–Kier alpha value is -3.15. The lowest BCUT2D eigenvalue weighted by Crippen LogP contribution is -2.30. The standard InChI is InChI=1S/C21H23ClF2N4O5/c1-21(23,24)9-16(20(32)25-18-6-7-27(26-18)10-13(30)12-29)28-11-14(8-19(28)31)33-17-5-3-2-4-15(17)22/h2-8,11,13,16,29-31H,9-10,12H2,1H3,(H,25,26,32)/t13-,16+/m1/s1. The first kappa shape index (κ1) is 24.5. The van der Waals surface area contributed by atoms with Crippen LogP contribution in [-0.4, -0.2) is 54.2 Å². The smallest absolute Gasteiger partial charge is 0.248 e. The van der Waals surface area contributed by atoms with Crippen molar-refractivity contribution in [2.45, 2.75) is 38.0 Å². The number of carbonyl (C=O) groups is 1. The molecule has 1 aromatic carbocycles. The van der Waals surface area contributed by atoms with E-state index >= 15 is 0 Å². The molecule has 2 aromatic heterocycles. The van der Waals surface area contributed by atoms with Crippen LogP contribution in [0, 0.1) is 0 Å². The van der Waals surface area contributed by atoms with E-state index in [1.54, 1.807) is 24.3 Å². The molecule has 9 nitrogen and oxygen atoms in total. The largest absolute Gasteiger partial charge is 0.494 e. The maximum atomic E-state index is 13.9. The molecule has 1 amide bonds. The highest BCUT2D eigenvalue weighted by Gasteiger charge is 2.34. The van der Waals surface area contributed by atoms with Gasteiger partial charge in [-0.25, -0.2) is 8.78 Å². The molecular formula is C21H23ClF2N4O5. The Morgan fingerprint density at radius 2 is 2.06 bits per heavy atom. The molecule has 33 heavy (non-hydrogen) atoms. The fourth-order valence-corrected chi connectivity index (χ4v) is 3.25. The van der Waals surface area contributed by atoms with Gasteiger partial charge in [-0.15, -0.1) is 0 Å². The van der Waals surface area contributed by atoms with E-state index < -0.39 is 42.9 Å². The molecule has 0 spiro atoms. The highest BCUT2D eigenvalue weighted by molar-refractivity contribution is 6.32. The van der Waals surface area contributed by atoms with Gasteiger partial charge in [-0.1, -0.05) is 23.7 Å². The van der Waals surface area contributed by atoms with E-state index in [0.717, 1.165) is 4.57 Å². The Morgan fingerprint density at radius 3 is 2.73 bits per heavy atom. The Bertz CT molecular complexity index is 1100. The summed E-state index contributed by atoms with van der Waals surface area (Å²) in [5, 5.41) is 35.5. The molecule has 0 aliphatic carbocycles. The van der Waals surface area contributed by atoms with Gasteiger partial charge in [0.15, 0.2) is 11.7 Å². The van der Waals surface area contributed by atoms with Crippen LogP contribution >= 0.6 is 11.6 Å². The Balaban J connectivity index is 1.82. The van der Waals surface area contributed by atoms with Crippen LogP contribution in [0.1, 0.15) is 19.4 Å². The summed E-state index contributed by atoms with van der Waals surface area (Å²) in [6.07, 6.45) is 0.718. The quantitative estimate of drug-likeness (QED) is 0.350. The number of nitrogens with zero attached hydrogens (tertiary/aromatic N) is 3. The number of alkyl halides is 2. The SMILES string of the molecule is CC(F)(F)C[C@@H](C(=O)Nc1ccn(C[C@@H](O)CO)n1)n1cc(Oc2ccccc2Cl)cc1O. The number of anilines is 1. The second kappa shape index (κ2) is 10.2.